The van der Waals surface area contributed by atoms with Gasteiger partial charge >= 0.3 is 0 Å². The second kappa shape index (κ2) is 6.52. The average Bonchev–Trinajstić information content (AvgIpc) is 3.23. The Morgan fingerprint density at radius 3 is 2.72 bits per heavy atom. The number of aryl methyl sites for hydroxylation is 2. The van der Waals surface area contributed by atoms with Gasteiger partial charge in [0.25, 0.3) is 0 Å². The Hall–Kier alpha value is -2.94. The fourth-order valence-corrected chi connectivity index (χ4v) is 2.75. The molecule has 25 heavy (non-hydrogen) atoms. The van der Waals surface area contributed by atoms with E-state index in [0.29, 0.717) is 5.76 Å². The average molecular weight is 336 g/mol. The van der Waals surface area contributed by atoms with Gasteiger partial charge in [-0.2, -0.15) is 10.4 Å². The molecule has 1 heterocycles. The number of hydrazone groups is 1. The van der Waals surface area contributed by atoms with E-state index in [1.807, 2.05) is 39.0 Å². The predicted octanol–water partition coefficient (Wildman–Crippen LogP) is 3.64. The third-order valence-electron chi connectivity index (χ3n) is 4.20. The molecule has 128 valence electrons. The summed E-state index contributed by atoms with van der Waals surface area (Å²) in [5.74, 6) is 0.0233. The van der Waals surface area contributed by atoms with Crippen molar-refractivity contribution in [1.82, 2.24) is 5.16 Å². The van der Waals surface area contributed by atoms with Crippen LogP contribution >= 0.6 is 0 Å². The van der Waals surface area contributed by atoms with E-state index in [4.69, 9.17) is 4.52 Å². The zero-order valence-electron chi connectivity index (χ0n) is 14.6. The lowest BCUT2D eigenvalue weighted by Gasteiger charge is -2.11. The van der Waals surface area contributed by atoms with Gasteiger partial charge in [0.2, 0.25) is 11.5 Å². The van der Waals surface area contributed by atoms with Gasteiger partial charge in [0, 0.05) is 11.5 Å². The molecule has 0 saturated carbocycles. The number of fused-ring (bicyclic) bond motifs is 1. The number of Topliss-reactive ketones (excluding diaryl/α,β-unsaturated/α-hetero) is 1. The summed E-state index contributed by atoms with van der Waals surface area (Å²) in [6.07, 6.45) is 3.31. The van der Waals surface area contributed by atoms with E-state index in [-0.39, 0.29) is 16.8 Å². The van der Waals surface area contributed by atoms with Crippen molar-refractivity contribution >= 4 is 17.2 Å². The van der Waals surface area contributed by atoms with Gasteiger partial charge in [0.15, 0.2) is 5.69 Å². The monoisotopic (exact) mass is 336 g/mol. The molecule has 1 aliphatic rings. The van der Waals surface area contributed by atoms with Crippen LogP contribution in [0.15, 0.2) is 33.9 Å². The van der Waals surface area contributed by atoms with Crippen LogP contribution in [-0.4, -0.2) is 16.7 Å². The van der Waals surface area contributed by atoms with E-state index < -0.39 is 5.78 Å². The lowest BCUT2D eigenvalue weighted by Crippen LogP contribution is -2.15. The Morgan fingerprint density at radius 1 is 1.28 bits per heavy atom. The van der Waals surface area contributed by atoms with Crippen LogP contribution in [-0.2, 0) is 18.3 Å². The van der Waals surface area contributed by atoms with Crippen LogP contribution in [0, 0.1) is 11.3 Å². The van der Waals surface area contributed by atoms with E-state index in [2.05, 4.69) is 21.8 Å². The number of nitrogens with one attached hydrogen (secondary N) is 1. The van der Waals surface area contributed by atoms with E-state index in [1.165, 1.54) is 11.1 Å². The summed E-state index contributed by atoms with van der Waals surface area (Å²) in [6, 6.07) is 9.36. The smallest absolute Gasteiger partial charge is 0.245 e. The van der Waals surface area contributed by atoms with Crippen molar-refractivity contribution in [3.05, 3.63) is 46.8 Å². The number of carbonyl (C=O) groups is 1. The second-order valence-electron chi connectivity index (χ2n) is 7.18. The van der Waals surface area contributed by atoms with Gasteiger partial charge in [-0.1, -0.05) is 32.0 Å². The molecule has 0 bridgehead atoms. The molecule has 0 saturated heterocycles. The van der Waals surface area contributed by atoms with Crippen molar-refractivity contribution in [2.75, 3.05) is 5.43 Å². The van der Waals surface area contributed by atoms with Gasteiger partial charge in [0.05, 0.1) is 5.69 Å². The Kier molecular flexibility index (Phi) is 4.41. The lowest BCUT2D eigenvalue weighted by atomic mass is 9.93. The van der Waals surface area contributed by atoms with E-state index in [9.17, 15) is 10.1 Å². The SMILES string of the molecule is CC(C)(C)c1cc(C(=O)C(C#N)=NNc2ccc3c(c2)CCC3)no1. The quantitative estimate of drug-likeness (QED) is 0.523. The summed E-state index contributed by atoms with van der Waals surface area (Å²) in [4.78, 5) is 12.4. The van der Waals surface area contributed by atoms with Crippen LogP contribution in [0.2, 0.25) is 0 Å². The first-order valence-electron chi connectivity index (χ1n) is 8.26. The molecule has 6 nitrogen and oxygen atoms in total. The summed E-state index contributed by atoms with van der Waals surface area (Å²) in [5.41, 5.74) is 5.76. The molecular formula is C19H20N4O2. The highest BCUT2D eigenvalue weighted by Crippen LogP contribution is 2.25. The van der Waals surface area contributed by atoms with Gasteiger partial charge in [-0.3, -0.25) is 10.2 Å². The number of nitriles is 1. The van der Waals surface area contributed by atoms with E-state index >= 15 is 0 Å². The molecule has 1 N–H and O–H groups in total. The molecule has 0 fully saturated rings. The van der Waals surface area contributed by atoms with Gasteiger partial charge in [-0.15, -0.1) is 0 Å². The number of nitrogens with zero attached hydrogens (tertiary/aromatic N) is 3. The minimum Gasteiger partial charge on any atom is -0.360 e. The molecule has 0 radical (unpaired) electrons. The molecule has 0 atom stereocenters. The van der Waals surface area contributed by atoms with Crippen LogP contribution in [0.5, 0.6) is 0 Å². The molecule has 1 aromatic heterocycles. The first-order valence-corrected chi connectivity index (χ1v) is 8.26. The molecule has 3 rings (SSSR count). The Labute approximate surface area is 146 Å². The number of hydrogen-bond donors (Lipinski definition) is 1. The van der Waals surface area contributed by atoms with E-state index in [1.54, 1.807) is 6.07 Å². The zero-order valence-corrected chi connectivity index (χ0v) is 14.6. The molecule has 6 heteroatoms. The summed E-state index contributed by atoms with van der Waals surface area (Å²) >= 11 is 0. The third-order valence-corrected chi connectivity index (χ3v) is 4.20. The summed E-state index contributed by atoms with van der Waals surface area (Å²) in [6.45, 7) is 5.86. The normalized spacial score (nSPS) is 14.1. The van der Waals surface area contributed by atoms with Crippen molar-refractivity contribution in [3.8, 4) is 6.07 Å². The van der Waals surface area contributed by atoms with Gasteiger partial charge < -0.3 is 4.52 Å². The fourth-order valence-electron chi connectivity index (χ4n) is 2.75. The maximum Gasteiger partial charge on any atom is 0.245 e. The topological polar surface area (TPSA) is 91.3 Å². The maximum absolute atomic E-state index is 12.4. The summed E-state index contributed by atoms with van der Waals surface area (Å²) < 4.78 is 5.20. The standard InChI is InChI=1S/C19H20N4O2/c1-19(2,3)17-10-15(23-25-17)18(24)16(11-20)22-21-14-8-7-12-5-4-6-13(12)9-14/h7-10,21H,4-6H2,1-3H3. The number of hydrogen-bond acceptors (Lipinski definition) is 6. The number of ketones is 1. The molecule has 0 amide bonds. The number of anilines is 1. The van der Waals surface area contributed by atoms with Crippen LogP contribution in [0.4, 0.5) is 5.69 Å². The highest BCUT2D eigenvalue weighted by Gasteiger charge is 2.24. The van der Waals surface area contributed by atoms with Gasteiger partial charge in [-0.05, 0) is 42.5 Å². The summed E-state index contributed by atoms with van der Waals surface area (Å²) in [5, 5.41) is 17.0. The molecular weight excluding hydrogens is 316 g/mol. The highest BCUT2D eigenvalue weighted by molar-refractivity contribution is 6.51. The number of aromatic nitrogens is 1. The number of carbonyl (C=O) groups excluding carboxylic acids is 1. The van der Waals surface area contributed by atoms with E-state index in [0.717, 1.165) is 24.9 Å². The van der Waals surface area contributed by atoms with Crippen LogP contribution in [0.3, 0.4) is 0 Å². The largest absolute Gasteiger partial charge is 0.360 e. The second-order valence-corrected chi connectivity index (χ2v) is 7.18. The predicted molar refractivity (Wildman–Crippen MR) is 94.7 cm³/mol. The molecule has 0 spiro atoms. The molecule has 1 aliphatic carbocycles. The van der Waals surface area contributed by atoms with Crippen molar-refractivity contribution in [1.29, 1.82) is 5.26 Å². The van der Waals surface area contributed by atoms with Crippen LogP contribution < -0.4 is 5.43 Å². The van der Waals surface area contributed by atoms with Crippen molar-refractivity contribution in [2.24, 2.45) is 5.10 Å². The fraction of sp³-hybridized carbons (Fsp3) is 0.368. The maximum atomic E-state index is 12.4. The molecule has 0 aliphatic heterocycles. The Bertz CT molecular complexity index is 882. The summed E-state index contributed by atoms with van der Waals surface area (Å²) in [7, 11) is 0. The van der Waals surface area contributed by atoms with Crippen molar-refractivity contribution in [3.63, 3.8) is 0 Å². The number of rotatable bonds is 4. The lowest BCUT2D eigenvalue weighted by molar-refractivity contribution is 0.105. The number of benzene rings is 1. The van der Waals surface area contributed by atoms with Gasteiger partial charge in [-0.25, -0.2) is 0 Å². The molecule has 2 aromatic rings. The van der Waals surface area contributed by atoms with Crippen LogP contribution in [0.1, 0.15) is 54.6 Å². The molecule has 0 unspecified atom stereocenters. The Balaban J connectivity index is 1.77. The molecule has 1 aromatic carbocycles. The third kappa shape index (κ3) is 3.61. The minimum atomic E-state index is -0.560. The van der Waals surface area contributed by atoms with Crippen molar-refractivity contribution in [2.45, 2.75) is 45.4 Å². The van der Waals surface area contributed by atoms with Gasteiger partial charge in [0.1, 0.15) is 11.8 Å². The van der Waals surface area contributed by atoms with Crippen molar-refractivity contribution < 1.29 is 9.32 Å². The van der Waals surface area contributed by atoms with Crippen LogP contribution in [0.25, 0.3) is 0 Å². The first kappa shape index (κ1) is 16.9. The first-order chi connectivity index (χ1) is 11.9. The minimum absolute atomic E-state index is 0.0842. The zero-order chi connectivity index (χ0) is 18.0. The highest BCUT2D eigenvalue weighted by atomic mass is 16.5. The Morgan fingerprint density at radius 2 is 2.04 bits per heavy atom.